The summed E-state index contributed by atoms with van der Waals surface area (Å²) in [4.78, 5) is 36.9. The molecular formula is C20H24FNO6. The lowest BCUT2D eigenvalue weighted by Gasteiger charge is -2.26. The Bertz CT molecular complexity index is 882. The van der Waals surface area contributed by atoms with E-state index < -0.39 is 52.9 Å². The average molecular weight is 393 g/mol. The van der Waals surface area contributed by atoms with Crippen LogP contribution in [0.1, 0.15) is 50.3 Å². The van der Waals surface area contributed by atoms with Gasteiger partial charge in [0, 0.05) is 17.0 Å². The Balaban J connectivity index is 2.40. The number of methoxy groups -OCH3 is 1. The van der Waals surface area contributed by atoms with Crippen LogP contribution < -0.4 is 10.1 Å². The van der Waals surface area contributed by atoms with E-state index in [0.29, 0.717) is 5.56 Å². The Hall–Kier alpha value is -2.90. The zero-order valence-electron chi connectivity index (χ0n) is 16.7. The molecule has 1 atom stereocenters. The SMILES string of the molecule is COc1cc(C)c2c(c1F)C(C)C(=O)C(C(=O)NCC(=O)OC(C)(C)C)=C2O. The smallest absolute Gasteiger partial charge is 0.325 e. The molecule has 2 N–H and O–H groups in total. The van der Waals surface area contributed by atoms with Crippen LogP contribution in [0, 0.1) is 12.7 Å². The van der Waals surface area contributed by atoms with E-state index in [1.165, 1.54) is 20.1 Å². The van der Waals surface area contributed by atoms with Gasteiger partial charge in [0.25, 0.3) is 5.91 Å². The fourth-order valence-corrected chi connectivity index (χ4v) is 3.08. The molecule has 2 rings (SSSR count). The van der Waals surface area contributed by atoms with Crippen molar-refractivity contribution in [3.05, 3.63) is 34.1 Å². The number of carbonyl (C=O) groups excluding carboxylic acids is 3. The molecule has 0 fully saturated rings. The van der Waals surface area contributed by atoms with Crippen molar-refractivity contribution in [1.82, 2.24) is 5.32 Å². The molecule has 1 unspecified atom stereocenters. The summed E-state index contributed by atoms with van der Waals surface area (Å²) in [6, 6.07) is 1.38. The van der Waals surface area contributed by atoms with Crippen molar-refractivity contribution in [1.29, 1.82) is 0 Å². The zero-order valence-corrected chi connectivity index (χ0v) is 16.7. The normalized spacial score (nSPS) is 16.5. The van der Waals surface area contributed by atoms with Gasteiger partial charge in [-0.1, -0.05) is 6.92 Å². The summed E-state index contributed by atoms with van der Waals surface area (Å²) in [6.45, 7) is 7.60. The maximum absolute atomic E-state index is 14.7. The first-order valence-electron chi connectivity index (χ1n) is 8.73. The Morgan fingerprint density at radius 1 is 1.32 bits per heavy atom. The van der Waals surface area contributed by atoms with Crippen molar-refractivity contribution in [2.75, 3.05) is 13.7 Å². The van der Waals surface area contributed by atoms with E-state index in [2.05, 4.69) is 5.32 Å². The van der Waals surface area contributed by atoms with E-state index in [-0.39, 0.29) is 16.9 Å². The molecule has 0 aromatic heterocycles. The van der Waals surface area contributed by atoms with Crippen molar-refractivity contribution in [3.63, 3.8) is 0 Å². The van der Waals surface area contributed by atoms with Crippen LogP contribution in [-0.4, -0.2) is 42.0 Å². The first kappa shape index (κ1) is 21.4. The Morgan fingerprint density at radius 3 is 2.46 bits per heavy atom. The second-order valence-corrected chi connectivity index (χ2v) is 7.58. The van der Waals surface area contributed by atoms with Gasteiger partial charge in [0.15, 0.2) is 17.3 Å². The summed E-state index contributed by atoms with van der Waals surface area (Å²) in [5, 5.41) is 12.8. The largest absolute Gasteiger partial charge is 0.506 e. The van der Waals surface area contributed by atoms with Crippen LogP contribution in [0.15, 0.2) is 11.6 Å². The topological polar surface area (TPSA) is 102 Å². The summed E-state index contributed by atoms with van der Waals surface area (Å²) in [5.41, 5.74) is -0.750. The number of aliphatic hydroxyl groups is 1. The van der Waals surface area contributed by atoms with Crippen LogP contribution in [0.2, 0.25) is 0 Å². The van der Waals surface area contributed by atoms with Crippen LogP contribution >= 0.6 is 0 Å². The third-order valence-corrected chi connectivity index (χ3v) is 4.27. The molecule has 0 spiro atoms. The first-order chi connectivity index (χ1) is 12.9. The van der Waals surface area contributed by atoms with Gasteiger partial charge in [0.1, 0.15) is 23.5 Å². The van der Waals surface area contributed by atoms with E-state index in [9.17, 15) is 23.9 Å². The lowest BCUT2D eigenvalue weighted by molar-refractivity contribution is -0.154. The number of amides is 1. The number of aliphatic hydroxyl groups excluding tert-OH is 1. The molecule has 0 saturated carbocycles. The molecular weight excluding hydrogens is 369 g/mol. The molecule has 0 bridgehead atoms. The van der Waals surface area contributed by atoms with Crippen molar-refractivity contribution < 1.29 is 33.4 Å². The monoisotopic (exact) mass is 393 g/mol. The molecule has 0 radical (unpaired) electrons. The number of ketones is 1. The van der Waals surface area contributed by atoms with E-state index in [1.54, 1.807) is 27.7 Å². The molecule has 1 aliphatic rings. The summed E-state index contributed by atoms with van der Waals surface area (Å²) in [6.07, 6.45) is 0. The van der Waals surface area contributed by atoms with Crippen LogP contribution in [0.4, 0.5) is 4.39 Å². The van der Waals surface area contributed by atoms with Crippen molar-refractivity contribution in [2.24, 2.45) is 0 Å². The van der Waals surface area contributed by atoms with E-state index in [4.69, 9.17) is 9.47 Å². The number of rotatable bonds is 4. The van der Waals surface area contributed by atoms with Crippen LogP contribution in [-0.2, 0) is 19.1 Å². The van der Waals surface area contributed by atoms with Gasteiger partial charge in [-0.05, 0) is 39.3 Å². The highest BCUT2D eigenvalue weighted by Gasteiger charge is 2.39. The number of nitrogens with one attached hydrogen (secondary N) is 1. The van der Waals surface area contributed by atoms with Crippen molar-refractivity contribution in [3.8, 4) is 5.75 Å². The van der Waals surface area contributed by atoms with Crippen LogP contribution in [0.3, 0.4) is 0 Å². The molecule has 152 valence electrons. The average Bonchev–Trinajstić information content (AvgIpc) is 2.58. The predicted molar refractivity (Wildman–Crippen MR) is 99.5 cm³/mol. The third kappa shape index (κ3) is 4.00. The number of aryl methyl sites for hydroxylation is 1. The number of fused-ring (bicyclic) bond motifs is 1. The van der Waals surface area contributed by atoms with E-state index >= 15 is 0 Å². The number of hydrogen-bond acceptors (Lipinski definition) is 6. The maximum atomic E-state index is 14.7. The number of carbonyl (C=O) groups is 3. The summed E-state index contributed by atoms with van der Waals surface area (Å²) >= 11 is 0. The van der Waals surface area contributed by atoms with Crippen molar-refractivity contribution in [2.45, 2.75) is 46.1 Å². The number of benzene rings is 1. The molecule has 28 heavy (non-hydrogen) atoms. The third-order valence-electron chi connectivity index (χ3n) is 4.27. The molecule has 1 aromatic carbocycles. The van der Waals surface area contributed by atoms with E-state index in [1.807, 2.05) is 0 Å². The van der Waals surface area contributed by atoms with Gasteiger partial charge in [-0.25, -0.2) is 4.39 Å². The highest BCUT2D eigenvalue weighted by atomic mass is 19.1. The number of Topliss-reactive ketones (excluding diaryl/α,β-unsaturated/α-hetero) is 1. The molecule has 7 nitrogen and oxygen atoms in total. The number of hydrogen-bond donors (Lipinski definition) is 2. The Kier molecular flexibility index (Phi) is 5.82. The fraction of sp³-hybridized carbons (Fsp3) is 0.450. The summed E-state index contributed by atoms with van der Waals surface area (Å²) < 4.78 is 24.8. The Labute approximate surface area is 162 Å². The molecule has 8 heteroatoms. The van der Waals surface area contributed by atoms with Gasteiger partial charge in [0.2, 0.25) is 0 Å². The zero-order chi connectivity index (χ0) is 21.4. The van der Waals surface area contributed by atoms with Gasteiger partial charge in [-0.15, -0.1) is 0 Å². The summed E-state index contributed by atoms with van der Waals surface area (Å²) in [7, 11) is 1.30. The van der Waals surface area contributed by atoms with Gasteiger partial charge in [-0.2, -0.15) is 0 Å². The quantitative estimate of drug-likeness (QED) is 0.602. The molecule has 1 aliphatic carbocycles. The predicted octanol–water partition coefficient (Wildman–Crippen LogP) is 2.56. The van der Waals surface area contributed by atoms with Crippen LogP contribution in [0.25, 0.3) is 5.76 Å². The van der Waals surface area contributed by atoms with Gasteiger partial charge >= 0.3 is 5.97 Å². The lowest BCUT2D eigenvalue weighted by atomic mass is 9.79. The van der Waals surface area contributed by atoms with Crippen molar-refractivity contribution >= 4 is 23.4 Å². The highest BCUT2D eigenvalue weighted by molar-refractivity contribution is 6.27. The van der Waals surface area contributed by atoms with E-state index in [0.717, 1.165) is 0 Å². The van der Waals surface area contributed by atoms with Gasteiger partial charge < -0.3 is 19.9 Å². The minimum Gasteiger partial charge on any atom is -0.506 e. The number of ether oxygens (including phenoxy) is 2. The number of halogens is 1. The molecule has 0 aliphatic heterocycles. The standard InChI is InChI=1S/C20H24FNO6/c1-9-7-11(27-6)16(21)14-10(2)17(24)15(18(25)13(9)14)19(26)22-8-12(23)28-20(3,4)5/h7,10,25H,8H2,1-6H3,(H,22,26). The highest BCUT2D eigenvalue weighted by Crippen LogP contribution is 2.41. The Morgan fingerprint density at radius 2 is 1.93 bits per heavy atom. The minimum absolute atomic E-state index is 0.0250. The lowest BCUT2D eigenvalue weighted by Crippen LogP contribution is -2.38. The minimum atomic E-state index is -1.01. The maximum Gasteiger partial charge on any atom is 0.325 e. The van der Waals surface area contributed by atoms with Crippen LogP contribution in [0.5, 0.6) is 5.75 Å². The molecule has 0 saturated heterocycles. The van der Waals surface area contributed by atoms with Gasteiger partial charge in [0.05, 0.1) is 7.11 Å². The molecule has 1 aromatic rings. The second kappa shape index (κ2) is 7.61. The molecule has 1 amide bonds. The van der Waals surface area contributed by atoms with Gasteiger partial charge in [-0.3, -0.25) is 14.4 Å². The molecule has 0 heterocycles. The first-order valence-corrected chi connectivity index (χ1v) is 8.73. The number of esters is 1. The summed E-state index contributed by atoms with van der Waals surface area (Å²) in [5.74, 6) is -4.82. The second-order valence-electron chi connectivity index (χ2n) is 7.58. The fourth-order valence-electron chi connectivity index (χ4n) is 3.08.